The highest BCUT2D eigenvalue weighted by molar-refractivity contribution is 7.52. The maximum atomic E-state index is 14.4. The van der Waals surface area contributed by atoms with Gasteiger partial charge in [-0.15, -0.1) is 0 Å². The molecule has 0 bridgehead atoms. The van der Waals surface area contributed by atoms with Gasteiger partial charge in [-0.2, -0.15) is 15.4 Å². The van der Waals surface area contributed by atoms with Crippen LogP contribution in [0.25, 0.3) is 5.52 Å². The lowest BCUT2D eigenvalue weighted by Crippen LogP contribution is -2.43. The van der Waals surface area contributed by atoms with E-state index in [-0.39, 0.29) is 42.8 Å². The molecule has 2 aromatic heterocycles. The zero-order valence-electron chi connectivity index (χ0n) is 33.5. The number of aromatic nitrogens is 3. The molecule has 0 spiro atoms. The molecule has 1 fully saturated rings. The number of carbonyl (C=O) groups is 2. The van der Waals surface area contributed by atoms with Crippen LogP contribution >= 0.6 is 7.75 Å². The predicted octanol–water partition coefficient (Wildman–Crippen LogP) is 6.41. The number of nitrogens with zero attached hydrogens (tertiary/aromatic N) is 4. The van der Waals surface area contributed by atoms with Gasteiger partial charge in [0.25, 0.3) is 0 Å². The van der Waals surface area contributed by atoms with Gasteiger partial charge in [0.2, 0.25) is 5.60 Å². The quantitative estimate of drug-likeness (QED) is 0.0453. The van der Waals surface area contributed by atoms with E-state index in [1.807, 2.05) is 19.9 Å². The number of hydrogen-bond donors (Lipinski definition) is 3. The first-order valence-corrected chi connectivity index (χ1v) is 21.6. The van der Waals surface area contributed by atoms with Crippen molar-refractivity contribution in [2.45, 2.75) is 128 Å². The standard InChI is InChI=1S/C40H59N6O10P/c1-5-8-9-10-11-12-13-17-23-51-24-22-35(47)54-36-33(55-40(27-41,37(36)48)34-21-20-32-38(42)43-28-44-46(32)34)26-53-57(50,56-31-18-15-14-16-19-31)45-29(4)39(49)52-25-30(6-2)7-3/h14-16,18-21,28-30,33,36-37,48H,5-13,17,22-26H2,1-4H3,(H,45,50)(H2,42,43,44)/t29-,33-,36-,37-,40+,57+/m1/s1. The van der Waals surface area contributed by atoms with E-state index in [0.717, 1.165) is 32.1 Å². The number of anilines is 1. The Morgan fingerprint density at radius 1 is 1.05 bits per heavy atom. The fourth-order valence-electron chi connectivity index (χ4n) is 6.50. The SMILES string of the molecule is CCCCCCCCCCOCCC(=O)O[C@H]1[C@@H](O)[C@](C#N)(c2ccc3c(N)ncnn23)O[C@@H]1CO[P@@](=O)(N[C@H](C)C(=O)OCC(CC)CC)Oc1ccccc1. The molecule has 1 aliphatic heterocycles. The van der Waals surface area contributed by atoms with Crippen LogP contribution in [0.5, 0.6) is 5.75 Å². The van der Waals surface area contributed by atoms with E-state index in [4.69, 9.17) is 33.7 Å². The lowest BCUT2D eigenvalue weighted by molar-refractivity contribution is -0.157. The largest absolute Gasteiger partial charge is 0.464 e. The van der Waals surface area contributed by atoms with E-state index in [1.54, 1.807) is 36.4 Å². The van der Waals surface area contributed by atoms with E-state index >= 15 is 0 Å². The second-order valence-corrected chi connectivity index (χ2v) is 16.0. The third kappa shape index (κ3) is 12.7. The van der Waals surface area contributed by atoms with Crippen molar-refractivity contribution in [2.24, 2.45) is 5.92 Å². The summed E-state index contributed by atoms with van der Waals surface area (Å²) in [5.41, 5.74) is 4.30. The maximum absolute atomic E-state index is 14.4. The third-order valence-corrected chi connectivity index (χ3v) is 11.7. The monoisotopic (exact) mass is 814 g/mol. The van der Waals surface area contributed by atoms with Gasteiger partial charge in [-0.3, -0.25) is 14.1 Å². The van der Waals surface area contributed by atoms with Gasteiger partial charge in [0, 0.05) is 6.61 Å². The Hall–Kier alpha value is -4.10. The van der Waals surface area contributed by atoms with Crippen LogP contribution in [0.1, 0.15) is 104 Å². The molecule has 6 atom stereocenters. The van der Waals surface area contributed by atoms with Crippen LogP contribution in [-0.2, 0) is 43.2 Å². The summed E-state index contributed by atoms with van der Waals surface area (Å²) in [6.45, 7) is 7.80. The number of aliphatic hydroxyl groups excluding tert-OH is 1. The molecule has 0 unspecified atom stereocenters. The number of para-hydroxylation sites is 1. The zero-order valence-corrected chi connectivity index (χ0v) is 34.4. The van der Waals surface area contributed by atoms with Crippen molar-refractivity contribution in [2.75, 3.05) is 32.2 Å². The molecule has 0 aliphatic carbocycles. The molecular formula is C40H59N6O10P. The molecule has 4 rings (SSSR count). The van der Waals surface area contributed by atoms with Crippen LogP contribution in [0.2, 0.25) is 0 Å². The summed E-state index contributed by atoms with van der Waals surface area (Å²) in [5, 5.41) is 29.3. The van der Waals surface area contributed by atoms with Gasteiger partial charge in [0.05, 0.1) is 31.9 Å². The number of fused-ring (bicyclic) bond motifs is 1. The first kappa shape index (κ1) is 45.6. The van der Waals surface area contributed by atoms with Crippen molar-refractivity contribution in [1.82, 2.24) is 19.7 Å². The van der Waals surface area contributed by atoms with Crippen molar-refractivity contribution >= 4 is 31.0 Å². The number of hydrogen-bond acceptors (Lipinski definition) is 14. The molecule has 57 heavy (non-hydrogen) atoms. The highest BCUT2D eigenvalue weighted by atomic mass is 31.2. The van der Waals surface area contributed by atoms with Gasteiger partial charge in [0.15, 0.2) is 11.9 Å². The number of benzene rings is 1. The van der Waals surface area contributed by atoms with Crippen molar-refractivity contribution in [3.63, 3.8) is 0 Å². The Labute approximate surface area is 335 Å². The topological polar surface area (TPSA) is 219 Å². The summed E-state index contributed by atoms with van der Waals surface area (Å²) in [6.07, 6.45) is 7.23. The summed E-state index contributed by atoms with van der Waals surface area (Å²) in [6, 6.07) is 12.1. The van der Waals surface area contributed by atoms with Gasteiger partial charge >= 0.3 is 19.7 Å². The zero-order chi connectivity index (χ0) is 41.3. The van der Waals surface area contributed by atoms with Crippen LogP contribution in [0.15, 0.2) is 48.8 Å². The van der Waals surface area contributed by atoms with Gasteiger partial charge < -0.3 is 34.3 Å². The molecular weight excluding hydrogens is 755 g/mol. The minimum Gasteiger partial charge on any atom is -0.464 e. The Morgan fingerprint density at radius 3 is 2.44 bits per heavy atom. The van der Waals surface area contributed by atoms with Crippen LogP contribution in [-0.4, -0.2) is 82.4 Å². The predicted molar refractivity (Wildman–Crippen MR) is 212 cm³/mol. The summed E-state index contributed by atoms with van der Waals surface area (Å²) in [5.74, 6) is -0.950. The lowest BCUT2D eigenvalue weighted by atomic mass is 9.92. The van der Waals surface area contributed by atoms with E-state index in [9.17, 15) is 24.5 Å². The van der Waals surface area contributed by atoms with E-state index < -0.39 is 56.2 Å². The summed E-state index contributed by atoms with van der Waals surface area (Å²) in [7, 11) is -4.44. The molecule has 17 heteroatoms. The molecule has 314 valence electrons. The number of carbonyl (C=O) groups excluding carboxylic acids is 2. The van der Waals surface area contributed by atoms with Crippen molar-refractivity contribution < 1.29 is 47.3 Å². The van der Waals surface area contributed by atoms with Crippen molar-refractivity contribution in [3.8, 4) is 11.8 Å². The summed E-state index contributed by atoms with van der Waals surface area (Å²) >= 11 is 0. The van der Waals surface area contributed by atoms with Crippen LogP contribution in [0.4, 0.5) is 5.82 Å². The molecule has 3 aromatic rings. The average molecular weight is 815 g/mol. The van der Waals surface area contributed by atoms with E-state index in [0.29, 0.717) is 12.1 Å². The highest BCUT2D eigenvalue weighted by Crippen LogP contribution is 2.48. The lowest BCUT2D eigenvalue weighted by Gasteiger charge is -2.26. The Bertz CT molecular complexity index is 1790. The number of nitrogens with one attached hydrogen (secondary N) is 1. The van der Waals surface area contributed by atoms with E-state index in [1.165, 1.54) is 55.9 Å². The van der Waals surface area contributed by atoms with Gasteiger partial charge in [0.1, 0.15) is 41.9 Å². The second-order valence-electron chi connectivity index (χ2n) is 14.3. The number of ether oxygens (including phenoxy) is 4. The average Bonchev–Trinajstić information content (AvgIpc) is 3.76. The normalized spacial score (nSPS) is 20.9. The molecule has 0 saturated carbocycles. The first-order chi connectivity index (χ1) is 27.5. The van der Waals surface area contributed by atoms with Gasteiger partial charge in [-0.05, 0) is 43.5 Å². The van der Waals surface area contributed by atoms with Crippen LogP contribution in [0.3, 0.4) is 0 Å². The summed E-state index contributed by atoms with van der Waals surface area (Å²) in [4.78, 5) is 30.2. The highest BCUT2D eigenvalue weighted by Gasteiger charge is 2.60. The smallest absolute Gasteiger partial charge is 0.459 e. The maximum Gasteiger partial charge on any atom is 0.459 e. The molecule has 4 N–H and O–H groups in total. The molecule has 16 nitrogen and oxygen atoms in total. The number of unbranched alkanes of at least 4 members (excludes halogenated alkanes) is 7. The number of nitriles is 1. The molecule has 0 radical (unpaired) electrons. The van der Waals surface area contributed by atoms with Crippen molar-refractivity contribution in [3.05, 3.63) is 54.5 Å². The number of nitrogens with two attached hydrogens (primary N) is 1. The Kier molecular flexibility index (Phi) is 18.2. The first-order valence-electron chi connectivity index (χ1n) is 20.1. The van der Waals surface area contributed by atoms with Crippen LogP contribution in [0, 0.1) is 17.2 Å². The molecule has 1 saturated heterocycles. The van der Waals surface area contributed by atoms with E-state index in [2.05, 4.69) is 22.1 Å². The van der Waals surface area contributed by atoms with Crippen molar-refractivity contribution in [1.29, 1.82) is 5.26 Å². The summed E-state index contributed by atoms with van der Waals surface area (Å²) < 4.78 is 50.6. The molecule has 1 aliphatic rings. The van der Waals surface area contributed by atoms with Gasteiger partial charge in [-0.25, -0.2) is 14.1 Å². The van der Waals surface area contributed by atoms with Crippen LogP contribution < -0.4 is 15.3 Å². The third-order valence-electron chi connectivity index (χ3n) is 10.0. The fourth-order valence-corrected chi connectivity index (χ4v) is 8.00. The minimum absolute atomic E-state index is 0.0783. The Balaban J connectivity index is 1.50. The Morgan fingerprint density at radius 2 is 1.75 bits per heavy atom. The number of nitrogen functional groups attached to an aromatic ring is 1. The minimum atomic E-state index is -4.44. The number of aliphatic hydroxyl groups is 1. The fraction of sp³-hybridized carbons (Fsp3) is 0.625. The van der Waals surface area contributed by atoms with Gasteiger partial charge in [-0.1, -0.05) is 96.8 Å². The molecule has 0 amide bonds. The molecule has 1 aromatic carbocycles. The second kappa shape index (κ2) is 22.7. The number of rotatable bonds is 26. The number of esters is 2. The molecule has 3 heterocycles.